The van der Waals surface area contributed by atoms with Crippen molar-refractivity contribution in [2.24, 2.45) is 0 Å². The highest BCUT2D eigenvalue weighted by atomic mass is 16.3. The van der Waals surface area contributed by atoms with Gasteiger partial charge in [-0.15, -0.1) is 0 Å². The molecule has 0 aromatic heterocycles. The van der Waals surface area contributed by atoms with E-state index in [0.717, 1.165) is 6.29 Å². The molecular weight excluding hydrogens is 146 g/mol. The number of aldehydes is 1. The van der Waals surface area contributed by atoms with Crippen LogP contribution in [0.1, 0.15) is 6.42 Å². The van der Waals surface area contributed by atoms with E-state index in [1.54, 1.807) is 0 Å². The summed E-state index contributed by atoms with van der Waals surface area (Å²) in [5.41, 5.74) is 0. The Bertz CT molecular complexity index is 157. The molecule has 1 aliphatic heterocycles. The minimum atomic E-state index is -0.745. The fourth-order valence-electron chi connectivity index (χ4n) is 1.04. The maximum atomic E-state index is 9.96. The number of hydrogen-bond acceptors (Lipinski definition) is 4. The summed E-state index contributed by atoms with van der Waals surface area (Å²) in [5.74, 6) is 0. The molecule has 0 amide bonds. The largest absolute Gasteiger partial charge is 0.375 e. The van der Waals surface area contributed by atoms with E-state index in [1.165, 1.54) is 17.1 Å². The molecule has 2 unspecified atom stereocenters. The number of hydrogen-bond donors (Lipinski definition) is 2. The monoisotopic (exact) mass is 157 g/mol. The van der Waals surface area contributed by atoms with Crippen molar-refractivity contribution in [3.63, 3.8) is 0 Å². The van der Waals surface area contributed by atoms with Crippen molar-refractivity contribution in [3.05, 3.63) is 12.2 Å². The molecule has 4 nitrogen and oxygen atoms in total. The Kier molecular flexibility index (Phi) is 2.76. The van der Waals surface area contributed by atoms with Crippen LogP contribution in [-0.4, -0.2) is 40.4 Å². The fraction of sp³-hybridized carbons (Fsp3) is 0.571. The Labute approximate surface area is 64.7 Å². The third-order valence-electron chi connectivity index (χ3n) is 1.64. The molecule has 0 aliphatic carbocycles. The van der Waals surface area contributed by atoms with Gasteiger partial charge >= 0.3 is 0 Å². The second-order valence-electron chi connectivity index (χ2n) is 2.41. The summed E-state index contributed by atoms with van der Waals surface area (Å²) in [6.45, 7) is 0.388. The van der Waals surface area contributed by atoms with Crippen LogP contribution < -0.4 is 0 Å². The molecule has 4 heteroatoms. The summed E-state index contributed by atoms with van der Waals surface area (Å²) in [4.78, 5) is 11.4. The standard InChI is InChI=1S/C7H11NO3/c9-5-1-4-8-6(10)2-3-7(8)11/h2-3,5-7,10-11H,1,4H2. The zero-order valence-electron chi connectivity index (χ0n) is 6.05. The van der Waals surface area contributed by atoms with Gasteiger partial charge in [-0.3, -0.25) is 0 Å². The number of carbonyl (C=O) groups is 1. The van der Waals surface area contributed by atoms with Gasteiger partial charge < -0.3 is 15.0 Å². The molecule has 1 rings (SSSR count). The zero-order valence-corrected chi connectivity index (χ0v) is 6.05. The predicted molar refractivity (Wildman–Crippen MR) is 38.5 cm³/mol. The van der Waals surface area contributed by atoms with Gasteiger partial charge in [0.25, 0.3) is 0 Å². The van der Waals surface area contributed by atoms with Crippen LogP contribution in [0.3, 0.4) is 0 Å². The quantitative estimate of drug-likeness (QED) is 0.411. The number of aliphatic hydroxyl groups is 2. The third kappa shape index (κ3) is 1.86. The first-order valence-corrected chi connectivity index (χ1v) is 3.49. The van der Waals surface area contributed by atoms with Crippen LogP contribution in [-0.2, 0) is 4.79 Å². The van der Waals surface area contributed by atoms with Crippen molar-refractivity contribution in [2.75, 3.05) is 6.54 Å². The number of rotatable bonds is 3. The van der Waals surface area contributed by atoms with E-state index in [2.05, 4.69) is 0 Å². The van der Waals surface area contributed by atoms with Gasteiger partial charge in [-0.25, -0.2) is 4.90 Å². The molecule has 62 valence electrons. The molecule has 1 heterocycles. The molecule has 0 radical (unpaired) electrons. The van der Waals surface area contributed by atoms with E-state index < -0.39 is 12.5 Å². The van der Waals surface area contributed by atoms with Crippen LogP contribution in [0, 0.1) is 0 Å². The van der Waals surface area contributed by atoms with E-state index in [1.807, 2.05) is 0 Å². The molecular formula is C7H11NO3. The third-order valence-corrected chi connectivity index (χ3v) is 1.64. The van der Waals surface area contributed by atoms with Crippen LogP contribution in [0.5, 0.6) is 0 Å². The Morgan fingerprint density at radius 1 is 1.36 bits per heavy atom. The van der Waals surface area contributed by atoms with Gasteiger partial charge in [0.15, 0.2) is 0 Å². The highest BCUT2D eigenvalue weighted by Crippen LogP contribution is 2.12. The summed E-state index contributed by atoms with van der Waals surface area (Å²) < 4.78 is 0. The number of carbonyl (C=O) groups excluding carboxylic acids is 1. The zero-order chi connectivity index (χ0) is 8.27. The van der Waals surface area contributed by atoms with Gasteiger partial charge in [-0.05, 0) is 12.2 Å². The van der Waals surface area contributed by atoms with E-state index in [9.17, 15) is 4.79 Å². The smallest absolute Gasteiger partial charge is 0.128 e. The first kappa shape index (κ1) is 8.39. The molecule has 2 atom stereocenters. The van der Waals surface area contributed by atoms with Crippen molar-refractivity contribution >= 4 is 6.29 Å². The van der Waals surface area contributed by atoms with Crippen LogP contribution in [0.15, 0.2) is 12.2 Å². The normalized spacial score (nSPS) is 31.1. The first-order valence-electron chi connectivity index (χ1n) is 3.49. The molecule has 0 spiro atoms. The lowest BCUT2D eigenvalue weighted by molar-refractivity contribution is -0.109. The van der Waals surface area contributed by atoms with E-state index in [4.69, 9.17) is 10.2 Å². The van der Waals surface area contributed by atoms with Crippen molar-refractivity contribution in [2.45, 2.75) is 18.9 Å². The van der Waals surface area contributed by atoms with Crippen molar-refractivity contribution < 1.29 is 15.0 Å². The van der Waals surface area contributed by atoms with Gasteiger partial charge in [-0.1, -0.05) is 0 Å². The fourth-order valence-corrected chi connectivity index (χ4v) is 1.04. The predicted octanol–water partition coefficient (Wildman–Crippen LogP) is -0.916. The Balaban J connectivity index is 2.38. The van der Waals surface area contributed by atoms with E-state index in [-0.39, 0.29) is 0 Å². The van der Waals surface area contributed by atoms with Gasteiger partial charge in [0.1, 0.15) is 18.7 Å². The van der Waals surface area contributed by atoms with E-state index >= 15 is 0 Å². The van der Waals surface area contributed by atoms with Crippen LogP contribution in [0.25, 0.3) is 0 Å². The lowest BCUT2D eigenvalue weighted by atomic mass is 10.4. The molecule has 0 aromatic carbocycles. The van der Waals surface area contributed by atoms with Crippen LogP contribution >= 0.6 is 0 Å². The summed E-state index contributed by atoms with van der Waals surface area (Å²) in [6.07, 6.45) is 2.59. The SMILES string of the molecule is O=CCCN1C(O)C=CC1O. The summed E-state index contributed by atoms with van der Waals surface area (Å²) >= 11 is 0. The van der Waals surface area contributed by atoms with Crippen LogP contribution in [0.2, 0.25) is 0 Å². The number of aliphatic hydroxyl groups excluding tert-OH is 2. The number of nitrogens with zero attached hydrogens (tertiary/aromatic N) is 1. The van der Waals surface area contributed by atoms with Crippen molar-refractivity contribution in [3.8, 4) is 0 Å². The second-order valence-corrected chi connectivity index (χ2v) is 2.41. The molecule has 2 N–H and O–H groups in total. The average molecular weight is 157 g/mol. The molecule has 0 saturated heterocycles. The Morgan fingerprint density at radius 2 is 1.91 bits per heavy atom. The van der Waals surface area contributed by atoms with Gasteiger partial charge in [0.05, 0.1) is 0 Å². The lowest BCUT2D eigenvalue weighted by Crippen LogP contribution is -2.37. The van der Waals surface area contributed by atoms with Gasteiger partial charge in [-0.2, -0.15) is 0 Å². The molecule has 0 aromatic rings. The Hall–Kier alpha value is -0.710. The average Bonchev–Trinajstić information content (AvgIpc) is 2.29. The molecule has 1 aliphatic rings. The summed E-state index contributed by atoms with van der Waals surface area (Å²) in [7, 11) is 0. The van der Waals surface area contributed by atoms with Crippen molar-refractivity contribution in [1.29, 1.82) is 0 Å². The second kappa shape index (κ2) is 3.61. The van der Waals surface area contributed by atoms with Crippen LogP contribution in [0.4, 0.5) is 0 Å². The maximum absolute atomic E-state index is 9.96. The highest BCUT2D eigenvalue weighted by Gasteiger charge is 2.23. The Morgan fingerprint density at radius 3 is 2.36 bits per heavy atom. The molecule has 0 fully saturated rings. The maximum Gasteiger partial charge on any atom is 0.128 e. The lowest BCUT2D eigenvalue weighted by Gasteiger charge is -2.22. The minimum absolute atomic E-state index is 0.329. The molecule has 0 bridgehead atoms. The molecule has 0 saturated carbocycles. The van der Waals surface area contributed by atoms with Gasteiger partial charge in [0.2, 0.25) is 0 Å². The van der Waals surface area contributed by atoms with Crippen molar-refractivity contribution in [1.82, 2.24) is 4.90 Å². The first-order chi connectivity index (χ1) is 5.25. The minimum Gasteiger partial charge on any atom is -0.375 e. The summed E-state index contributed by atoms with van der Waals surface area (Å²) in [6, 6.07) is 0. The van der Waals surface area contributed by atoms with Gasteiger partial charge in [0, 0.05) is 13.0 Å². The highest BCUT2D eigenvalue weighted by molar-refractivity contribution is 5.49. The summed E-state index contributed by atoms with van der Waals surface area (Å²) in [5, 5.41) is 18.3. The molecule has 11 heavy (non-hydrogen) atoms. The van der Waals surface area contributed by atoms with E-state index in [0.29, 0.717) is 13.0 Å². The topological polar surface area (TPSA) is 60.8 Å².